The molecule has 0 aliphatic rings. The second kappa shape index (κ2) is 8.46. The molecule has 0 saturated carbocycles. The summed E-state index contributed by atoms with van der Waals surface area (Å²) in [6, 6.07) is -0.576. The van der Waals surface area contributed by atoms with Gasteiger partial charge in [-0.2, -0.15) is 0 Å². The lowest BCUT2D eigenvalue weighted by Crippen LogP contribution is -2.38. The van der Waals surface area contributed by atoms with Crippen molar-refractivity contribution in [3.8, 4) is 0 Å². The largest absolute Gasteiger partial charge is 0.482 e. The molecule has 0 aliphatic carbocycles. The van der Waals surface area contributed by atoms with E-state index in [0.29, 0.717) is 32.5 Å². The van der Waals surface area contributed by atoms with Crippen LogP contribution in [-0.4, -0.2) is 43.2 Å². The van der Waals surface area contributed by atoms with E-state index in [9.17, 15) is 4.79 Å². The van der Waals surface area contributed by atoms with Gasteiger partial charge in [-0.3, -0.25) is 10.2 Å². The van der Waals surface area contributed by atoms with Crippen LogP contribution in [0.1, 0.15) is 12.8 Å². The van der Waals surface area contributed by atoms with Gasteiger partial charge < -0.3 is 20.9 Å². The molecule has 0 fully saturated rings. The van der Waals surface area contributed by atoms with Crippen molar-refractivity contribution < 1.29 is 14.6 Å². The Hall–Kier alpha value is -1.14. The number of carboxylic acids is 1. The molecule has 82 valence electrons. The number of nitrogens with one attached hydrogen (secondary N) is 2. The summed E-state index contributed by atoms with van der Waals surface area (Å²) in [5.41, 5.74) is 5.28. The molecule has 1 atom stereocenters. The maximum atomic E-state index is 10.7. The summed E-state index contributed by atoms with van der Waals surface area (Å²) in [7, 11) is 0. The van der Waals surface area contributed by atoms with E-state index in [2.05, 4.69) is 10.1 Å². The fraction of sp³-hybridized carbons (Fsp3) is 0.750. The second-order valence-electron chi connectivity index (χ2n) is 2.76. The van der Waals surface area contributed by atoms with Gasteiger partial charge in [-0.1, -0.05) is 0 Å². The predicted molar refractivity (Wildman–Crippen MR) is 52.5 cm³/mol. The van der Waals surface area contributed by atoms with Crippen LogP contribution in [0.3, 0.4) is 0 Å². The summed E-state index contributed by atoms with van der Waals surface area (Å²) in [6.07, 6.45) is 2.02. The van der Waals surface area contributed by atoms with Gasteiger partial charge in [-0.25, -0.2) is 0 Å². The zero-order valence-corrected chi connectivity index (χ0v) is 8.03. The Morgan fingerprint density at radius 2 is 2.43 bits per heavy atom. The molecule has 6 heteroatoms. The molecule has 0 amide bonds. The lowest BCUT2D eigenvalue weighted by molar-refractivity contribution is -0.139. The van der Waals surface area contributed by atoms with Crippen LogP contribution < -0.4 is 11.1 Å². The van der Waals surface area contributed by atoms with Crippen LogP contribution in [0, 0.1) is 5.41 Å². The van der Waals surface area contributed by atoms with Crippen LogP contribution in [0.15, 0.2) is 0 Å². The molecule has 0 bridgehead atoms. The van der Waals surface area contributed by atoms with E-state index in [1.54, 1.807) is 0 Å². The predicted octanol–water partition coefficient (Wildman–Crippen LogP) is -0.608. The van der Waals surface area contributed by atoms with Crippen LogP contribution >= 0.6 is 0 Å². The molecule has 0 unspecified atom stereocenters. The average molecular weight is 203 g/mol. The Bertz CT molecular complexity index is 175. The van der Waals surface area contributed by atoms with Gasteiger partial charge in [0.25, 0.3) is 0 Å². The number of ether oxygens (including phenoxy) is 1. The van der Waals surface area contributed by atoms with Crippen LogP contribution in [0.2, 0.25) is 0 Å². The average Bonchev–Trinajstić information content (AvgIpc) is 2.16. The molecular weight excluding hydrogens is 186 g/mol. The molecule has 0 aliphatic heterocycles. The first-order valence-corrected chi connectivity index (χ1v) is 4.49. The Labute approximate surface area is 82.9 Å². The van der Waals surface area contributed by atoms with Crippen molar-refractivity contribution in [2.24, 2.45) is 5.73 Å². The first kappa shape index (κ1) is 12.9. The van der Waals surface area contributed by atoms with Crippen LogP contribution in [-0.2, 0) is 9.53 Å². The minimum atomic E-state index is -0.881. The van der Waals surface area contributed by atoms with E-state index in [1.807, 2.05) is 0 Å². The highest BCUT2D eigenvalue weighted by molar-refractivity contribution is 5.73. The fourth-order valence-corrected chi connectivity index (χ4v) is 0.986. The first-order valence-electron chi connectivity index (χ1n) is 4.49. The minimum Gasteiger partial charge on any atom is -0.482 e. The van der Waals surface area contributed by atoms with Crippen molar-refractivity contribution in [3.63, 3.8) is 0 Å². The highest BCUT2D eigenvalue weighted by Crippen LogP contribution is 1.95. The minimum absolute atomic E-state index is 0.301. The molecule has 6 nitrogen and oxygen atoms in total. The normalized spacial score (nSPS) is 12.1. The molecule has 0 aromatic rings. The summed E-state index contributed by atoms with van der Waals surface area (Å²) in [6.45, 7) is 1.20. The molecular formula is C8H17N3O3. The zero-order valence-electron chi connectivity index (χ0n) is 8.03. The number of hydrogen-bond donors (Lipinski definition) is 4. The molecule has 0 spiro atoms. The van der Waals surface area contributed by atoms with E-state index in [0.717, 1.165) is 6.40 Å². The van der Waals surface area contributed by atoms with Crippen molar-refractivity contribution in [3.05, 3.63) is 0 Å². The van der Waals surface area contributed by atoms with Crippen molar-refractivity contribution >= 4 is 12.4 Å². The molecule has 0 heterocycles. The lowest BCUT2D eigenvalue weighted by Gasteiger charge is -2.13. The SMILES string of the molecule is N=COCCN[C@@H](CCCN)C(=O)O. The van der Waals surface area contributed by atoms with Gasteiger partial charge in [0.15, 0.2) is 6.40 Å². The van der Waals surface area contributed by atoms with Crippen LogP contribution in [0.25, 0.3) is 0 Å². The smallest absolute Gasteiger partial charge is 0.320 e. The molecule has 0 aromatic heterocycles. The first-order chi connectivity index (χ1) is 6.72. The molecule has 14 heavy (non-hydrogen) atoms. The number of aliphatic carboxylic acids is 1. The Kier molecular flexibility index (Phi) is 7.77. The van der Waals surface area contributed by atoms with E-state index in [1.165, 1.54) is 0 Å². The number of carboxylic acid groups (broad SMARTS) is 1. The molecule has 0 aromatic carbocycles. The number of hydrogen-bond acceptors (Lipinski definition) is 5. The summed E-state index contributed by atoms with van der Waals surface area (Å²) in [5, 5.41) is 18.1. The Balaban J connectivity index is 3.62. The summed E-state index contributed by atoms with van der Waals surface area (Å²) in [5.74, 6) is -0.881. The van der Waals surface area contributed by atoms with Crippen LogP contribution in [0.4, 0.5) is 0 Å². The highest BCUT2D eigenvalue weighted by Gasteiger charge is 2.14. The van der Waals surface area contributed by atoms with Gasteiger partial charge in [-0.15, -0.1) is 0 Å². The lowest BCUT2D eigenvalue weighted by atomic mass is 10.1. The van der Waals surface area contributed by atoms with Gasteiger partial charge in [0.2, 0.25) is 0 Å². The zero-order chi connectivity index (χ0) is 10.8. The van der Waals surface area contributed by atoms with E-state index >= 15 is 0 Å². The van der Waals surface area contributed by atoms with Gasteiger partial charge >= 0.3 is 5.97 Å². The summed E-state index contributed by atoms with van der Waals surface area (Å²) in [4.78, 5) is 10.7. The van der Waals surface area contributed by atoms with E-state index < -0.39 is 12.0 Å². The van der Waals surface area contributed by atoms with Crippen molar-refractivity contribution in [2.75, 3.05) is 19.7 Å². The number of carbonyl (C=O) groups is 1. The topological polar surface area (TPSA) is 108 Å². The molecule has 0 rings (SSSR count). The van der Waals surface area contributed by atoms with Gasteiger partial charge in [-0.05, 0) is 19.4 Å². The van der Waals surface area contributed by atoms with Gasteiger partial charge in [0.05, 0.1) is 0 Å². The third kappa shape index (κ3) is 6.38. The van der Waals surface area contributed by atoms with Gasteiger partial charge in [0, 0.05) is 6.54 Å². The molecule has 5 N–H and O–H groups in total. The molecule has 0 radical (unpaired) electrons. The van der Waals surface area contributed by atoms with Crippen molar-refractivity contribution in [1.29, 1.82) is 5.41 Å². The van der Waals surface area contributed by atoms with Gasteiger partial charge in [0.1, 0.15) is 12.6 Å². The fourth-order valence-electron chi connectivity index (χ4n) is 0.986. The van der Waals surface area contributed by atoms with Crippen LogP contribution in [0.5, 0.6) is 0 Å². The third-order valence-electron chi connectivity index (χ3n) is 1.69. The summed E-state index contributed by atoms with van der Waals surface area (Å²) >= 11 is 0. The monoisotopic (exact) mass is 203 g/mol. The Morgan fingerprint density at radius 3 is 2.93 bits per heavy atom. The highest BCUT2D eigenvalue weighted by atomic mass is 16.5. The Morgan fingerprint density at radius 1 is 1.71 bits per heavy atom. The number of nitrogens with two attached hydrogens (primary N) is 1. The quantitative estimate of drug-likeness (QED) is 0.227. The van der Waals surface area contributed by atoms with Crippen molar-refractivity contribution in [1.82, 2.24) is 5.32 Å². The van der Waals surface area contributed by atoms with Crippen molar-refractivity contribution in [2.45, 2.75) is 18.9 Å². The van der Waals surface area contributed by atoms with E-state index in [4.69, 9.17) is 16.2 Å². The summed E-state index contributed by atoms with van der Waals surface area (Å²) < 4.78 is 4.63. The second-order valence-corrected chi connectivity index (χ2v) is 2.76. The van der Waals surface area contributed by atoms with E-state index in [-0.39, 0.29) is 0 Å². The standard InChI is InChI=1S/C8H17N3O3/c9-3-1-2-7(8(12)13)11-4-5-14-6-10/h6-7,10-11H,1-5,9H2,(H,12,13)/t7-/m0/s1. The third-order valence-corrected chi connectivity index (χ3v) is 1.69. The maximum Gasteiger partial charge on any atom is 0.320 e. The molecule has 0 saturated heterocycles. The number of rotatable bonds is 9. The maximum absolute atomic E-state index is 10.7.